The predicted octanol–water partition coefficient (Wildman–Crippen LogP) is 1.48. The van der Waals surface area contributed by atoms with Gasteiger partial charge in [0.25, 0.3) is 0 Å². The number of hydrogen-bond donors (Lipinski definition) is 0. The summed E-state index contributed by atoms with van der Waals surface area (Å²) in [6.45, 7) is 6.88. The van der Waals surface area contributed by atoms with Crippen molar-refractivity contribution >= 4 is 12.6 Å². The van der Waals surface area contributed by atoms with Gasteiger partial charge in [-0.05, 0) is 44.9 Å². The molecule has 0 aromatic heterocycles. The van der Waals surface area contributed by atoms with E-state index in [1.54, 1.807) is 6.07 Å². The highest BCUT2D eigenvalue weighted by Gasteiger charge is 2.26. The van der Waals surface area contributed by atoms with Crippen LogP contribution in [0.25, 0.3) is 0 Å². The summed E-state index contributed by atoms with van der Waals surface area (Å²) in [5.74, 6) is -0.159. The van der Waals surface area contributed by atoms with Gasteiger partial charge in [0.1, 0.15) is 5.82 Å². The molecular weight excluding hydrogens is 294 g/mol. The third kappa shape index (κ3) is 4.32. The maximum Gasteiger partial charge on any atom is 0.494 e. The standard InChI is InChI=1S/C17H26BFN2O2/c1-14-4-3-7-21(14)13-15-5-6-16(12-17(15)19)18-22-10-8-20(2)9-11-23-18/h5-6,12,14H,3-4,7-11,13H2,1-2H3/t14-/m1/s1. The van der Waals surface area contributed by atoms with Crippen LogP contribution in [0.3, 0.4) is 0 Å². The van der Waals surface area contributed by atoms with Crippen LogP contribution in [0.2, 0.25) is 0 Å². The number of benzene rings is 1. The fourth-order valence-electron chi connectivity index (χ4n) is 3.27. The Kier molecular flexibility index (Phi) is 5.69. The first-order valence-corrected chi connectivity index (χ1v) is 8.57. The van der Waals surface area contributed by atoms with Crippen LogP contribution in [0.5, 0.6) is 0 Å². The molecule has 0 amide bonds. The molecule has 0 N–H and O–H groups in total. The van der Waals surface area contributed by atoms with Gasteiger partial charge in [-0.2, -0.15) is 0 Å². The van der Waals surface area contributed by atoms with Crippen LogP contribution in [0.15, 0.2) is 18.2 Å². The van der Waals surface area contributed by atoms with Gasteiger partial charge in [0.05, 0.1) is 0 Å². The van der Waals surface area contributed by atoms with E-state index in [1.165, 1.54) is 12.8 Å². The van der Waals surface area contributed by atoms with Crippen molar-refractivity contribution in [3.8, 4) is 0 Å². The maximum atomic E-state index is 14.5. The van der Waals surface area contributed by atoms with Crippen molar-refractivity contribution in [1.82, 2.24) is 9.80 Å². The summed E-state index contributed by atoms with van der Waals surface area (Å²) < 4.78 is 26.0. The highest BCUT2D eigenvalue weighted by molar-refractivity contribution is 6.61. The van der Waals surface area contributed by atoms with E-state index >= 15 is 0 Å². The Morgan fingerprint density at radius 3 is 2.57 bits per heavy atom. The molecule has 4 nitrogen and oxygen atoms in total. The number of hydrogen-bond acceptors (Lipinski definition) is 4. The summed E-state index contributed by atoms with van der Waals surface area (Å²) >= 11 is 0. The smallest absolute Gasteiger partial charge is 0.406 e. The molecule has 3 rings (SSSR count). The molecule has 1 aromatic carbocycles. The fraction of sp³-hybridized carbons (Fsp3) is 0.647. The van der Waals surface area contributed by atoms with E-state index in [1.807, 2.05) is 19.2 Å². The first-order chi connectivity index (χ1) is 11.1. The van der Waals surface area contributed by atoms with E-state index < -0.39 is 7.12 Å². The Morgan fingerprint density at radius 2 is 1.96 bits per heavy atom. The van der Waals surface area contributed by atoms with Crippen molar-refractivity contribution in [2.75, 3.05) is 39.9 Å². The summed E-state index contributed by atoms with van der Waals surface area (Å²) in [4.78, 5) is 4.51. The normalized spacial score (nSPS) is 24.7. The monoisotopic (exact) mass is 320 g/mol. The van der Waals surface area contributed by atoms with Crippen LogP contribution in [-0.2, 0) is 15.9 Å². The summed E-state index contributed by atoms with van der Waals surface area (Å²) in [5.41, 5.74) is 1.53. The van der Waals surface area contributed by atoms with Crippen LogP contribution >= 0.6 is 0 Å². The first-order valence-electron chi connectivity index (χ1n) is 8.57. The highest BCUT2D eigenvalue weighted by atomic mass is 19.1. The van der Waals surface area contributed by atoms with Gasteiger partial charge in [0, 0.05) is 44.5 Å². The van der Waals surface area contributed by atoms with E-state index in [0.717, 1.165) is 30.7 Å². The van der Waals surface area contributed by atoms with E-state index in [-0.39, 0.29) is 5.82 Å². The van der Waals surface area contributed by atoms with Crippen molar-refractivity contribution in [3.63, 3.8) is 0 Å². The zero-order valence-corrected chi connectivity index (χ0v) is 14.1. The highest BCUT2D eigenvalue weighted by Crippen LogP contribution is 2.20. The molecule has 0 aliphatic carbocycles. The minimum absolute atomic E-state index is 0.159. The molecular formula is C17H26BFN2O2. The van der Waals surface area contributed by atoms with Crippen LogP contribution < -0.4 is 5.46 Å². The van der Waals surface area contributed by atoms with Crippen LogP contribution in [0, 0.1) is 5.82 Å². The summed E-state index contributed by atoms with van der Waals surface area (Å²) in [6, 6.07) is 5.94. The van der Waals surface area contributed by atoms with Gasteiger partial charge in [-0.3, -0.25) is 4.90 Å². The molecule has 0 spiro atoms. The number of likely N-dealkylation sites (N-methyl/N-ethyl adjacent to an activating group) is 1. The topological polar surface area (TPSA) is 24.9 Å². The van der Waals surface area contributed by atoms with Gasteiger partial charge in [-0.1, -0.05) is 12.1 Å². The first kappa shape index (κ1) is 16.9. The van der Waals surface area contributed by atoms with E-state index in [2.05, 4.69) is 16.7 Å². The number of halogens is 1. The molecule has 2 fully saturated rings. The third-order valence-electron chi connectivity index (χ3n) is 4.90. The Balaban J connectivity index is 1.66. The second-order valence-electron chi connectivity index (χ2n) is 6.69. The molecule has 0 bridgehead atoms. The van der Waals surface area contributed by atoms with E-state index in [9.17, 15) is 4.39 Å². The molecule has 2 heterocycles. The number of nitrogens with zero attached hydrogens (tertiary/aromatic N) is 2. The van der Waals surface area contributed by atoms with Gasteiger partial charge in [-0.25, -0.2) is 4.39 Å². The molecule has 1 aromatic rings. The maximum absolute atomic E-state index is 14.5. The van der Waals surface area contributed by atoms with Crippen LogP contribution in [0.1, 0.15) is 25.3 Å². The lowest BCUT2D eigenvalue weighted by Gasteiger charge is -2.24. The van der Waals surface area contributed by atoms with Crippen molar-refractivity contribution in [2.45, 2.75) is 32.4 Å². The Hall–Kier alpha value is -0.945. The molecule has 0 saturated carbocycles. The van der Waals surface area contributed by atoms with E-state index in [4.69, 9.17) is 9.31 Å². The molecule has 6 heteroatoms. The summed E-state index contributed by atoms with van der Waals surface area (Å²) in [6.07, 6.45) is 2.41. The minimum atomic E-state index is -0.460. The van der Waals surface area contributed by atoms with Crippen molar-refractivity contribution in [1.29, 1.82) is 0 Å². The van der Waals surface area contributed by atoms with Gasteiger partial charge in [-0.15, -0.1) is 0 Å². The molecule has 2 aliphatic heterocycles. The molecule has 0 radical (unpaired) electrons. The number of likely N-dealkylation sites (tertiary alicyclic amines) is 1. The average molecular weight is 320 g/mol. The Bertz CT molecular complexity index is 521. The van der Waals surface area contributed by atoms with Crippen LogP contribution in [0.4, 0.5) is 4.39 Å². The molecule has 23 heavy (non-hydrogen) atoms. The van der Waals surface area contributed by atoms with Gasteiger partial charge in [0.15, 0.2) is 0 Å². The lowest BCUT2D eigenvalue weighted by molar-refractivity contribution is 0.132. The van der Waals surface area contributed by atoms with Crippen molar-refractivity contribution < 1.29 is 13.7 Å². The Labute approximate surface area is 138 Å². The fourth-order valence-corrected chi connectivity index (χ4v) is 3.27. The SMILES string of the molecule is C[C@@H]1CCCN1Cc1ccc(B2OCCN(C)CCO2)cc1F. The third-order valence-corrected chi connectivity index (χ3v) is 4.90. The average Bonchev–Trinajstić information content (AvgIpc) is 2.90. The second kappa shape index (κ2) is 7.75. The molecule has 2 aliphatic rings. The zero-order chi connectivity index (χ0) is 16.2. The minimum Gasteiger partial charge on any atom is -0.406 e. The quantitative estimate of drug-likeness (QED) is 0.788. The summed E-state index contributed by atoms with van der Waals surface area (Å²) in [5, 5.41) is 0. The predicted molar refractivity (Wildman–Crippen MR) is 90.3 cm³/mol. The van der Waals surface area contributed by atoms with Crippen LogP contribution in [-0.4, -0.2) is 62.9 Å². The molecule has 2 saturated heterocycles. The van der Waals surface area contributed by atoms with Gasteiger partial charge < -0.3 is 14.2 Å². The van der Waals surface area contributed by atoms with Crippen molar-refractivity contribution in [2.24, 2.45) is 0 Å². The Morgan fingerprint density at radius 1 is 1.22 bits per heavy atom. The molecule has 126 valence electrons. The zero-order valence-electron chi connectivity index (χ0n) is 14.1. The van der Waals surface area contributed by atoms with E-state index in [0.29, 0.717) is 25.8 Å². The summed E-state index contributed by atoms with van der Waals surface area (Å²) in [7, 11) is 1.58. The second-order valence-corrected chi connectivity index (χ2v) is 6.69. The molecule has 1 atom stereocenters. The lowest BCUT2D eigenvalue weighted by atomic mass is 9.78. The van der Waals surface area contributed by atoms with Gasteiger partial charge in [0.2, 0.25) is 0 Å². The van der Waals surface area contributed by atoms with Gasteiger partial charge >= 0.3 is 7.12 Å². The molecule has 0 unspecified atom stereocenters. The van der Waals surface area contributed by atoms with Crippen molar-refractivity contribution in [3.05, 3.63) is 29.6 Å². The number of rotatable bonds is 3. The largest absolute Gasteiger partial charge is 0.494 e. The lowest BCUT2D eigenvalue weighted by Crippen LogP contribution is -2.43.